The smallest absolute Gasteiger partial charge is 0.129 e. The third-order valence-corrected chi connectivity index (χ3v) is 9.38. The third-order valence-electron chi connectivity index (χ3n) is 9.38. The highest BCUT2D eigenvalue weighted by Crippen LogP contribution is 2.66. The molecule has 0 spiro atoms. The first kappa shape index (κ1) is 19.7. The van der Waals surface area contributed by atoms with Crippen LogP contribution in [-0.4, -0.2) is 30.6 Å². The Morgan fingerprint density at radius 2 is 2.00 bits per heavy atom. The Labute approximate surface area is 165 Å². The van der Waals surface area contributed by atoms with Gasteiger partial charge < -0.3 is 15.7 Å². The Morgan fingerprint density at radius 1 is 1.15 bits per heavy atom. The van der Waals surface area contributed by atoms with Gasteiger partial charge in [-0.05, 0) is 98.2 Å². The van der Waals surface area contributed by atoms with Crippen molar-refractivity contribution in [1.82, 2.24) is 0 Å². The maximum absolute atomic E-state index is 10.8. The van der Waals surface area contributed by atoms with Gasteiger partial charge in [0, 0.05) is 12.8 Å². The molecule has 0 saturated heterocycles. The standard InChI is InChI=1S/C23H40N2O2/c1-22-9-3-4-19(22)18-6-5-17-14-21(26)16(8-12-25-27-13-11-24)15-23(17,2)20(18)7-10-22/h12,16-21,26H,3-11,13-15,24H2,1-2H3/t16?,17-,18+,19+,20+,21-,22+,23+/m1/s1. The van der Waals surface area contributed by atoms with Crippen molar-refractivity contribution in [1.29, 1.82) is 0 Å². The molecule has 0 amide bonds. The summed E-state index contributed by atoms with van der Waals surface area (Å²) in [6.45, 7) is 6.12. The van der Waals surface area contributed by atoms with E-state index in [2.05, 4.69) is 19.0 Å². The van der Waals surface area contributed by atoms with E-state index in [1.54, 1.807) is 0 Å². The number of nitrogens with two attached hydrogens (primary N) is 1. The lowest BCUT2D eigenvalue weighted by atomic mass is 9.44. The van der Waals surface area contributed by atoms with Gasteiger partial charge in [0.05, 0.1) is 6.10 Å². The van der Waals surface area contributed by atoms with Crippen molar-refractivity contribution >= 4 is 6.21 Å². The number of fused-ring (bicyclic) bond motifs is 5. The number of aliphatic hydroxyl groups is 1. The van der Waals surface area contributed by atoms with E-state index in [1.165, 1.54) is 44.9 Å². The van der Waals surface area contributed by atoms with E-state index in [0.29, 0.717) is 35.8 Å². The minimum absolute atomic E-state index is 0.180. The lowest BCUT2D eigenvalue weighted by Gasteiger charge is -2.61. The van der Waals surface area contributed by atoms with E-state index in [9.17, 15) is 5.11 Å². The second kappa shape index (κ2) is 7.67. The lowest BCUT2D eigenvalue weighted by molar-refractivity contribution is -0.137. The number of nitrogens with zero attached hydrogens (tertiary/aromatic N) is 1. The lowest BCUT2D eigenvalue weighted by Crippen LogP contribution is -2.55. The van der Waals surface area contributed by atoms with Crippen molar-refractivity contribution in [3.8, 4) is 0 Å². The van der Waals surface area contributed by atoms with Gasteiger partial charge in [-0.1, -0.05) is 25.4 Å². The molecule has 4 nitrogen and oxygen atoms in total. The van der Waals surface area contributed by atoms with Crippen molar-refractivity contribution < 1.29 is 9.94 Å². The summed E-state index contributed by atoms with van der Waals surface area (Å²) in [5.41, 5.74) is 6.47. The number of rotatable bonds is 5. The highest BCUT2D eigenvalue weighted by molar-refractivity contribution is 5.56. The molecule has 8 atom stereocenters. The molecule has 0 aromatic rings. The SMILES string of the molecule is C[C@@]12CCC[C@H]1[C@@H]1CC[C@@H]3C[C@@H](O)C(CC=NOCCN)C[C@]3(C)[C@H]1CC2. The van der Waals surface area contributed by atoms with Crippen LogP contribution in [0.1, 0.15) is 78.1 Å². The minimum Gasteiger partial charge on any atom is -0.395 e. The van der Waals surface area contributed by atoms with E-state index in [4.69, 9.17) is 10.6 Å². The summed E-state index contributed by atoms with van der Waals surface area (Å²) in [7, 11) is 0. The number of hydrogen-bond acceptors (Lipinski definition) is 4. The summed E-state index contributed by atoms with van der Waals surface area (Å²) in [5.74, 6) is 3.80. The normalized spacial score (nSPS) is 49.5. The maximum Gasteiger partial charge on any atom is 0.129 e. The monoisotopic (exact) mass is 376 g/mol. The van der Waals surface area contributed by atoms with Gasteiger partial charge in [-0.3, -0.25) is 0 Å². The van der Waals surface area contributed by atoms with E-state index in [-0.39, 0.29) is 6.10 Å². The summed E-state index contributed by atoms with van der Waals surface area (Å²) in [6, 6.07) is 0. The molecule has 4 rings (SSSR count). The Hall–Kier alpha value is -0.610. The summed E-state index contributed by atoms with van der Waals surface area (Å²) in [4.78, 5) is 5.15. The molecule has 0 aromatic heterocycles. The van der Waals surface area contributed by atoms with Gasteiger partial charge in [-0.2, -0.15) is 0 Å². The first-order valence-corrected chi connectivity index (χ1v) is 11.5. The molecule has 0 heterocycles. The Balaban J connectivity index is 1.47. The van der Waals surface area contributed by atoms with E-state index >= 15 is 0 Å². The predicted octanol–water partition coefficient (Wildman–Crippen LogP) is 4.36. The number of oxime groups is 1. The van der Waals surface area contributed by atoms with Crippen molar-refractivity contribution in [3.63, 3.8) is 0 Å². The quantitative estimate of drug-likeness (QED) is 0.426. The fourth-order valence-electron chi connectivity index (χ4n) is 7.99. The van der Waals surface area contributed by atoms with Crippen LogP contribution in [-0.2, 0) is 4.84 Å². The third kappa shape index (κ3) is 3.46. The zero-order chi connectivity index (χ0) is 19.1. The fourth-order valence-corrected chi connectivity index (χ4v) is 7.99. The Bertz CT molecular complexity index is 552. The zero-order valence-electron chi connectivity index (χ0n) is 17.4. The molecule has 3 N–H and O–H groups in total. The molecule has 0 aromatic carbocycles. The van der Waals surface area contributed by atoms with Crippen LogP contribution in [0.15, 0.2) is 5.16 Å². The zero-order valence-corrected chi connectivity index (χ0v) is 17.4. The van der Waals surface area contributed by atoms with Crippen LogP contribution in [0, 0.1) is 40.4 Å². The van der Waals surface area contributed by atoms with Crippen molar-refractivity contribution in [3.05, 3.63) is 0 Å². The molecule has 4 heteroatoms. The van der Waals surface area contributed by atoms with Gasteiger partial charge in [0.1, 0.15) is 6.61 Å². The molecule has 4 fully saturated rings. The average molecular weight is 377 g/mol. The van der Waals surface area contributed by atoms with Crippen molar-refractivity contribution in [2.24, 2.45) is 51.3 Å². The highest BCUT2D eigenvalue weighted by atomic mass is 16.6. The molecule has 154 valence electrons. The van der Waals surface area contributed by atoms with Crippen molar-refractivity contribution in [2.75, 3.05) is 13.2 Å². The van der Waals surface area contributed by atoms with Crippen LogP contribution in [0.3, 0.4) is 0 Å². The van der Waals surface area contributed by atoms with Gasteiger partial charge in [0.25, 0.3) is 0 Å². The molecule has 1 unspecified atom stereocenters. The largest absolute Gasteiger partial charge is 0.395 e. The van der Waals surface area contributed by atoms with Crippen LogP contribution < -0.4 is 5.73 Å². The minimum atomic E-state index is -0.180. The van der Waals surface area contributed by atoms with Gasteiger partial charge >= 0.3 is 0 Å². The molecule has 0 radical (unpaired) electrons. The van der Waals surface area contributed by atoms with E-state index in [1.807, 2.05) is 6.21 Å². The molecular formula is C23H40N2O2. The van der Waals surface area contributed by atoms with Gasteiger partial charge in [0.15, 0.2) is 0 Å². The number of aliphatic hydroxyl groups excluding tert-OH is 1. The van der Waals surface area contributed by atoms with Crippen molar-refractivity contribution in [2.45, 2.75) is 84.2 Å². The molecule has 0 aliphatic heterocycles. The van der Waals surface area contributed by atoms with E-state index in [0.717, 1.165) is 37.0 Å². The highest BCUT2D eigenvalue weighted by Gasteiger charge is 2.58. The molecule has 27 heavy (non-hydrogen) atoms. The van der Waals surface area contributed by atoms with Crippen LogP contribution in [0.25, 0.3) is 0 Å². The Morgan fingerprint density at radius 3 is 2.81 bits per heavy atom. The van der Waals surface area contributed by atoms with Crippen LogP contribution in [0.4, 0.5) is 0 Å². The van der Waals surface area contributed by atoms with Crippen LogP contribution >= 0.6 is 0 Å². The topological polar surface area (TPSA) is 67.8 Å². The summed E-state index contributed by atoms with van der Waals surface area (Å²) >= 11 is 0. The average Bonchev–Trinajstić information content (AvgIpc) is 3.04. The molecule has 4 saturated carbocycles. The summed E-state index contributed by atoms with van der Waals surface area (Å²) in [5, 5.41) is 14.8. The van der Waals surface area contributed by atoms with Gasteiger partial charge in [0.2, 0.25) is 0 Å². The Kier molecular flexibility index (Phi) is 5.59. The molecule has 4 aliphatic rings. The van der Waals surface area contributed by atoms with Gasteiger partial charge in [-0.25, -0.2) is 0 Å². The molecule has 4 aliphatic carbocycles. The summed E-state index contributed by atoms with van der Waals surface area (Å²) in [6.07, 6.45) is 14.6. The first-order valence-electron chi connectivity index (χ1n) is 11.5. The van der Waals surface area contributed by atoms with E-state index < -0.39 is 0 Å². The van der Waals surface area contributed by atoms with Gasteiger partial charge in [-0.15, -0.1) is 0 Å². The van der Waals surface area contributed by atoms with Crippen LogP contribution in [0.5, 0.6) is 0 Å². The fraction of sp³-hybridized carbons (Fsp3) is 0.957. The maximum atomic E-state index is 10.8. The molecular weight excluding hydrogens is 336 g/mol. The second-order valence-corrected chi connectivity index (χ2v) is 10.7. The predicted molar refractivity (Wildman–Crippen MR) is 109 cm³/mol. The molecule has 0 bridgehead atoms. The van der Waals surface area contributed by atoms with Crippen LogP contribution in [0.2, 0.25) is 0 Å². The number of hydrogen-bond donors (Lipinski definition) is 2. The second-order valence-electron chi connectivity index (χ2n) is 10.7. The summed E-state index contributed by atoms with van der Waals surface area (Å²) < 4.78 is 0. The first-order chi connectivity index (χ1) is 13.0.